The molecule has 2 heteroatoms. The van der Waals surface area contributed by atoms with E-state index in [4.69, 9.17) is 10.5 Å². The van der Waals surface area contributed by atoms with E-state index in [9.17, 15) is 0 Å². The number of ether oxygens (including phenoxy) is 1. The van der Waals surface area contributed by atoms with E-state index in [-0.39, 0.29) is 12.1 Å². The van der Waals surface area contributed by atoms with E-state index in [1.54, 1.807) is 0 Å². The molecule has 1 rings (SSSR count). The van der Waals surface area contributed by atoms with Crippen molar-refractivity contribution in [1.29, 1.82) is 0 Å². The van der Waals surface area contributed by atoms with Gasteiger partial charge in [-0.05, 0) is 37.5 Å². The Bertz CT molecular complexity index is 171. The first-order valence-corrected chi connectivity index (χ1v) is 6.32. The fraction of sp³-hybridized carbons (Fsp3) is 1.00. The Morgan fingerprint density at radius 3 is 2.13 bits per heavy atom. The first-order valence-electron chi connectivity index (χ1n) is 6.32. The molecule has 1 saturated heterocycles. The highest BCUT2D eigenvalue weighted by molar-refractivity contribution is 4.83. The molecule has 1 heterocycles. The summed E-state index contributed by atoms with van der Waals surface area (Å²) in [5.41, 5.74) is 6.14. The molecule has 0 spiro atoms. The number of nitrogens with two attached hydrogens (primary N) is 1. The van der Waals surface area contributed by atoms with Gasteiger partial charge in [0, 0.05) is 6.04 Å². The van der Waals surface area contributed by atoms with Gasteiger partial charge in [0.25, 0.3) is 0 Å². The Morgan fingerprint density at radius 1 is 1.07 bits per heavy atom. The lowest BCUT2D eigenvalue weighted by Gasteiger charge is -2.25. The monoisotopic (exact) mass is 213 g/mol. The summed E-state index contributed by atoms with van der Waals surface area (Å²) in [6.07, 6.45) is 2.89. The second kappa shape index (κ2) is 5.31. The molecule has 0 saturated carbocycles. The number of rotatable bonds is 2. The Morgan fingerprint density at radius 2 is 1.67 bits per heavy atom. The van der Waals surface area contributed by atoms with Gasteiger partial charge in [-0.15, -0.1) is 0 Å². The maximum absolute atomic E-state index is 6.14. The van der Waals surface area contributed by atoms with E-state index >= 15 is 0 Å². The van der Waals surface area contributed by atoms with Crippen LogP contribution in [0.4, 0.5) is 0 Å². The lowest BCUT2D eigenvalue weighted by molar-refractivity contribution is -0.0319. The van der Waals surface area contributed by atoms with E-state index in [1.165, 1.54) is 6.42 Å². The molecule has 1 aliphatic heterocycles. The third-order valence-corrected chi connectivity index (χ3v) is 3.79. The Kier molecular flexibility index (Phi) is 4.60. The molecule has 0 aromatic heterocycles. The van der Waals surface area contributed by atoms with Crippen LogP contribution >= 0.6 is 0 Å². The molecule has 4 atom stereocenters. The predicted octanol–water partition coefficient (Wildman–Crippen LogP) is 2.81. The zero-order valence-electron chi connectivity index (χ0n) is 10.9. The van der Waals surface area contributed by atoms with Crippen LogP contribution in [0.2, 0.25) is 0 Å². The van der Waals surface area contributed by atoms with Crippen LogP contribution in [-0.2, 0) is 4.74 Å². The molecule has 90 valence electrons. The van der Waals surface area contributed by atoms with Crippen molar-refractivity contribution >= 4 is 0 Å². The van der Waals surface area contributed by atoms with Crippen LogP contribution in [0.15, 0.2) is 0 Å². The third-order valence-electron chi connectivity index (χ3n) is 3.79. The normalized spacial score (nSPS) is 38.4. The average Bonchev–Trinajstić information content (AvgIpc) is 2.27. The summed E-state index contributed by atoms with van der Waals surface area (Å²) in [5, 5.41) is 0. The van der Waals surface area contributed by atoms with Gasteiger partial charge in [0.1, 0.15) is 0 Å². The third kappa shape index (κ3) is 3.46. The highest BCUT2D eigenvalue weighted by atomic mass is 16.5. The summed E-state index contributed by atoms with van der Waals surface area (Å²) in [6, 6.07) is 0.209. The minimum absolute atomic E-state index is 0.209. The van der Waals surface area contributed by atoms with Crippen LogP contribution in [0.1, 0.15) is 47.5 Å². The first kappa shape index (κ1) is 13.0. The molecule has 1 aliphatic rings. The maximum atomic E-state index is 6.14. The van der Waals surface area contributed by atoms with Crippen molar-refractivity contribution in [3.63, 3.8) is 0 Å². The fourth-order valence-corrected chi connectivity index (χ4v) is 2.34. The Hall–Kier alpha value is -0.0800. The summed E-state index contributed by atoms with van der Waals surface area (Å²) < 4.78 is 6.04. The topological polar surface area (TPSA) is 35.2 Å². The van der Waals surface area contributed by atoms with Gasteiger partial charge in [-0.25, -0.2) is 0 Å². The SMILES string of the molecule is CC(C)C1CC(C(C)C)O[C@@H](C)[C@H](N)C1. The van der Waals surface area contributed by atoms with Crippen molar-refractivity contribution in [2.24, 2.45) is 23.5 Å². The quantitative estimate of drug-likeness (QED) is 0.765. The van der Waals surface area contributed by atoms with Crippen LogP contribution < -0.4 is 5.73 Å². The zero-order chi connectivity index (χ0) is 11.6. The number of hydrogen-bond acceptors (Lipinski definition) is 2. The zero-order valence-corrected chi connectivity index (χ0v) is 10.9. The lowest BCUT2D eigenvalue weighted by Crippen LogP contribution is -2.36. The average molecular weight is 213 g/mol. The van der Waals surface area contributed by atoms with Crippen molar-refractivity contribution < 1.29 is 4.74 Å². The molecule has 2 unspecified atom stereocenters. The molecule has 15 heavy (non-hydrogen) atoms. The second-order valence-electron chi connectivity index (χ2n) is 5.76. The second-order valence-corrected chi connectivity index (χ2v) is 5.76. The molecule has 0 radical (unpaired) electrons. The van der Waals surface area contributed by atoms with E-state index in [0.29, 0.717) is 17.9 Å². The van der Waals surface area contributed by atoms with Crippen molar-refractivity contribution in [3.8, 4) is 0 Å². The smallest absolute Gasteiger partial charge is 0.0701 e. The Labute approximate surface area is 94.6 Å². The molecular formula is C13H27NO. The Balaban J connectivity index is 2.70. The van der Waals surface area contributed by atoms with Crippen LogP contribution in [0, 0.1) is 17.8 Å². The van der Waals surface area contributed by atoms with E-state index in [1.807, 2.05) is 0 Å². The van der Waals surface area contributed by atoms with Gasteiger partial charge in [-0.2, -0.15) is 0 Å². The van der Waals surface area contributed by atoms with Crippen molar-refractivity contribution in [2.75, 3.05) is 0 Å². The summed E-state index contributed by atoms with van der Waals surface area (Å²) in [5.74, 6) is 2.03. The number of hydrogen-bond donors (Lipinski definition) is 1. The van der Waals surface area contributed by atoms with Crippen LogP contribution in [0.5, 0.6) is 0 Å². The maximum Gasteiger partial charge on any atom is 0.0701 e. The minimum atomic E-state index is 0.209. The van der Waals surface area contributed by atoms with Gasteiger partial charge in [0.15, 0.2) is 0 Å². The van der Waals surface area contributed by atoms with Gasteiger partial charge in [0.2, 0.25) is 0 Å². The standard InChI is InChI=1S/C13H27NO/c1-8(2)11-6-12(14)10(5)15-13(7-11)9(3)4/h8-13H,6-7,14H2,1-5H3/t10-,11?,12+,13?/m0/s1. The largest absolute Gasteiger partial charge is 0.373 e. The highest BCUT2D eigenvalue weighted by Crippen LogP contribution is 2.31. The van der Waals surface area contributed by atoms with Gasteiger partial charge in [-0.3, -0.25) is 0 Å². The molecule has 0 aromatic rings. The molecule has 0 aromatic carbocycles. The van der Waals surface area contributed by atoms with Crippen molar-refractivity contribution in [1.82, 2.24) is 0 Å². The van der Waals surface area contributed by atoms with Gasteiger partial charge >= 0.3 is 0 Å². The fourth-order valence-electron chi connectivity index (χ4n) is 2.34. The minimum Gasteiger partial charge on any atom is -0.373 e. The lowest BCUT2D eigenvalue weighted by atomic mass is 9.83. The van der Waals surface area contributed by atoms with Crippen molar-refractivity contribution in [3.05, 3.63) is 0 Å². The van der Waals surface area contributed by atoms with Gasteiger partial charge in [-0.1, -0.05) is 27.7 Å². The van der Waals surface area contributed by atoms with E-state index in [2.05, 4.69) is 34.6 Å². The van der Waals surface area contributed by atoms with Crippen molar-refractivity contribution in [2.45, 2.75) is 65.7 Å². The summed E-state index contributed by atoms with van der Waals surface area (Å²) >= 11 is 0. The van der Waals surface area contributed by atoms with E-state index in [0.717, 1.165) is 12.3 Å². The summed E-state index contributed by atoms with van der Waals surface area (Å²) in [7, 11) is 0. The predicted molar refractivity (Wildman–Crippen MR) is 64.7 cm³/mol. The van der Waals surface area contributed by atoms with E-state index < -0.39 is 0 Å². The molecule has 2 N–H and O–H groups in total. The van der Waals surface area contributed by atoms with Gasteiger partial charge in [0.05, 0.1) is 12.2 Å². The van der Waals surface area contributed by atoms with Crippen LogP contribution in [0.3, 0.4) is 0 Å². The molecule has 0 amide bonds. The summed E-state index contributed by atoms with van der Waals surface area (Å²) in [6.45, 7) is 11.2. The molecule has 0 bridgehead atoms. The molecule has 0 aliphatic carbocycles. The first-order chi connectivity index (χ1) is 6.91. The molecule has 2 nitrogen and oxygen atoms in total. The van der Waals surface area contributed by atoms with Crippen LogP contribution in [0.25, 0.3) is 0 Å². The molecule has 1 fully saturated rings. The summed E-state index contributed by atoms with van der Waals surface area (Å²) in [4.78, 5) is 0. The van der Waals surface area contributed by atoms with Gasteiger partial charge < -0.3 is 10.5 Å². The van der Waals surface area contributed by atoms with Crippen LogP contribution in [-0.4, -0.2) is 18.2 Å². The molecular weight excluding hydrogens is 186 g/mol. The highest BCUT2D eigenvalue weighted by Gasteiger charge is 2.31.